The van der Waals surface area contributed by atoms with Crippen LogP contribution in [-0.2, 0) is 17.6 Å². The van der Waals surface area contributed by atoms with Gasteiger partial charge in [-0.3, -0.25) is 9.78 Å². The molecule has 1 aromatic carbocycles. The fourth-order valence-corrected chi connectivity index (χ4v) is 4.58. The van der Waals surface area contributed by atoms with Crippen molar-refractivity contribution in [2.24, 2.45) is 0 Å². The van der Waals surface area contributed by atoms with Crippen LogP contribution < -0.4 is 0 Å². The highest BCUT2D eigenvalue weighted by atomic mass is 35.5. The number of hydrogen-bond donors (Lipinski definition) is 0. The van der Waals surface area contributed by atoms with Crippen LogP contribution in [0.15, 0.2) is 47.8 Å². The van der Waals surface area contributed by atoms with E-state index in [0.29, 0.717) is 6.42 Å². The number of carbonyl (C=O) groups is 1. The number of halogens is 1. The summed E-state index contributed by atoms with van der Waals surface area (Å²) in [5.41, 5.74) is 4.20. The Kier molecular flexibility index (Phi) is 6.26. The second-order valence-corrected chi connectivity index (χ2v) is 9.07. The van der Waals surface area contributed by atoms with Crippen LogP contribution in [0.4, 0.5) is 0 Å². The summed E-state index contributed by atoms with van der Waals surface area (Å²) in [6.45, 7) is 3.53. The number of likely N-dealkylation sites (tertiary alicyclic amines) is 1. The average molecular weight is 426 g/mol. The van der Waals surface area contributed by atoms with Crippen LogP contribution in [-0.4, -0.2) is 33.9 Å². The van der Waals surface area contributed by atoms with Crippen molar-refractivity contribution in [3.8, 4) is 0 Å². The smallest absolute Gasteiger partial charge is 0.228 e. The third kappa shape index (κ3) is 5.22. The zero-order valence-electron chi connectivity index (χ0n) is 16.5. The van der Waals surface area contributed by atoms with Crippen LogP contribution in [0.25, 0.3) is 0 Å². The van der Waals surface area contributed by atoms with E-state index in [2.05, 4.69) is 23.2 Å². The Bertz CT molecular complexity index is 986. The molecule has 0 aliphatic carbocycles. The summed E-state index contributed by atoms with van der Waals surface area (Å²) in [4.78, 5) is 24.1. The number of rotatable bonds is 5. The number of piperidine rings is 1. The van der Waals surface area contributed by atoms with E-state index >= 15 is 0 Å². The molecule has 0 bridgehead atoms. The molecule has 3 aromatic rings. The van der Waals surface area contributed by atoms with Gasteiger partial charge in [-0.05, 0) is 49.6 Å². The van der Waals surface area contributed by atoms with Crippen molar-refractivity contribution in [3.05, 3.63) is 80.5 Å². The van der Waals surface area contributed by atoms with Gasteiger partial charge in [0.15, 0.2) is 0 Å². The highest BCUT2D eigenvalue weighted by molar-refractivity contribution is 7.09. The van der Waals surface area contributed by atoms with Gasteiger partial charge in [0.05, 0.1) is 17.1 Å². The second-order valence-electron chi connectivity index (χ2n) is 7.57. The maximum absolute atomic E-state index is 12.7. The Labute approximate surface area is 180 Å². The molecule has 1 saturated heterocycles. The molecule has 3 heterocycles. The number of nitrogens with zero attached hydrogens (tertiary/aromatic N) is 3. The van der Waals surface area contributed by atoms with Crippen molar-refractivity contribution in [1.29, 1.82) is 0 Å². The minimum Gasteiger partial charge on any atom is -0.342 e. The molecule has 1 aliphatic heterocycles. The molecular weight excluding hydrogens is 402 g/mol. The monoisotopic (exact) mass is 425 g/mol. The third-order valence-electron chi connectivity index (χ3n) is 5.32. The summed E-state index contributed by atoms with van der Waals surface area (Å²) in [6, 6.07) is 14.1. The van der Waals surface area contributed by atoms with Crippen LogP contribution in [0.3, 0.4) is 0 Å². The molecule has 1 unspecified atom stereocenters. The predicted octanol–water partition coefficient (Wildman–Crippen LogP) is 5.04. The number of hydrogen-bond acceptors (Lipinski definition) is 4. The molecule has 1 amide bonds. The highest BCUT2D eigenvalue weighted by Gasteiger charge is 2.26. The van der Waals surface area contributed by atoms with Crippen molar-refractivity contribution in [2.45, 2.75) is 38.5 Å². The summed E-state index contributed by atoms with van der Waals surface area (Å²) in [6.07, 6.45) is 3.25. The predicted molar refractivity (Wildman–Crippen MR) is 118 cm³/mol. The minimum absolute atomic E-state index is 0.164. The second kappa shape index (κ2) is 9.06. The highest BCUT2D eigenvalue weighted by Crippen LogP contribution is 2.27. The van der Waals surface area contributed by atoms with Gasteiger partial charge in [-0.1, -0.05) is 29.8 Å². The van der Waals surface area contributed by atoms with Gasteiger partial charge >= 0.3 is 0 Å². The van der Waals surface area contributed by atoms with Gasteiger partial charge in [0, 0.05) is 47.2 Å². The van der Waals surface area contributed by atoms with Gasteiger partial charge in [-0.25, -0.2) is 4.98 Å². The van der Waals surface area contributed by atoms with E-state index in [4.69, 9.17) is 16.6 Å². The van der Waals surface area contributed by atoms with Crippen molar-refractivity contribution in [2.75, 3.05) is 13.1 Å². The maximum Gasteiger partial charge on any atom is 0.228 e. The number of aryl methyl sites for hydroxylation is 1. The van der Waals surface area contributed by atoms with E-state index < -0.39 is 0 Å². The van der Waals surface area contributed by atoms with Crippen LogP contribution in [0.2, 0.25) is 5.02 Å². The van der Waals surface area contributed by atoms with Crippen molar-refractivity contribution in [1.82, 2.24) is 14.9 Å². The molecule has 1 atom stereocenters. The van der Waals surface area contributed by atoms with Crippen LogP contribution in [0.5, 0.6) is 0 Å². The molecule has 0 saturated carbocycles. The summed E-state index contributed by atoms with van der Waals surface area (Å²) < 4.78 is 0. The number of benzene rings is 1. The first kappa shape index (κ1) is 20.0. The lowest BCUT2D eigenvalue weighted by atomic mass is 9.93. The van der Waals surface area contributed by atoms with Gasteiger partial charge < -0.3 is 4.90 Å². The number of thiazole rings is 1. The Morgan fingerprint density at radius 2 is 2.00 bits per heavy atom. The molecule has 0 spiro atoms. The van der Waals surface area contributed by atoms with E-state index in [-0.39, 0.29) is 11.8 Å². The minimum atomic E-state index is 0.164. The quantitative estimate of drug-likeness (QED) is 0.575. The molecule has 0 N–H and O–H groups in total. The fourth-order valence-electron chi connectivity index (χ4n) is 3.84. The normalized spacial score (nSPS) is 16.8. The molecule has 6 heteroatoms. The fraction of sp³-hybridized carbons (Fsp3) is 0.348. The first-order chi connectivity index (χ1) is 14.1. The van der Waals surface area contributed by atoms with Crippen molar-refractivity contribution in [3.63, 3.8) is 0 Å². The number of carbonyl (C=O) groups excluding carboxylic acids is 1. The lowest BCUT2D eigenvalue weighted by Gasteiger charge is -2.32. The topological polar surface area (TPSA) is 46.1 Å². The molecule has 4 rings (SSSR count). The standard InChI is InChI=1S/C23H24ClN3OS/c1-16-25-21(15-29-16)13-23(28)27-11-3-4-18(14-27)22-6-2-5-20(26-22)12-17-7-9-19(24)10-8-17/h2,5-10,15,18H,3-4,11-14H2,1H3. The average Bonchev–Trinajstić information content (AvgIpc) is 3.14. The Hall–Kier alpha value is -2.24. The van der Waals surface area contributed by atoms with Gasteiger partial charge in [-0.2, -0.15) is 0 Å². The SMILES string of the molecule is Cc1nc(CC(=O)N2CCCC(c3cccc(Cc4ccc(Cl)cc4)n3)C2)cs1. The van der Waals surface area contributed by atoms with E-state index in [0.717, 1.165) is 59.5 Å². The molecule has 29 heavy (non-hydrogen) atoms. The summed E-state index contributed by atoms with van der Waals surface area (Å²) >= 11 is 7.58. The Balaban J connectivity index is 1.42. The summed E-state index contributed by atoms with van der Waals surface area (Å²) in [5, 5.41) is 3.73. The van der Waals surface area contributed by atoms with Crippen molar-refractivity contribution < 1.29 is 4.79 Å². The van der Waals surface area contributed by atoms with Gasteiger partial charge in [0.1, 0.15) is 0 Å². The summed E-state index contributed by atoms with van der Waals surface area (Å²) in [7, 11) is 0. The lowest BCUT2D eigenvalue weighted by Crippen LogP contribution is -2.40. The summed E-state index contributed by atoms with van der Waals surface area (Å²) in [5.74, 6) is 0.451. The first-order valence-corrected chi connectivity index (χ1v) is 11.2. The van der Waals surface area contributed by atoms with E-state index in [9.17, 15) is 4.79 Å². The molecule has 150 valence electrons. The van der Waals surface area contributed by atoms with Crippen LogP contribution >= 0.6 is 22.9 Å². The molecule has 1 fully saturated rings. The van der Waals surface area contributed by atoms with Gasteiger partial charge in [0.2, 0.25) is 5.91 Å². The molecule has 1 aliphatic rings. The Morgan fingerprint density at radius 1 is 1.17 bits per heavy atom. The van der Waals surface area contributed by atoms with Crippen LogP contribution in [0, 0.1) is 6.92 Å². The van der Waals surface area contributed by atoms with Crippen molar-refractivity contribution >= 4 is 28.8 Å². The van der Waals surface area contributed by atoms with Gasteiger partial charge in [0.25, 0.3) is 0 Å². The maximum atomic E-state index is 12.7. The number of aromatic nitrogens is 2. The number of pyridine rings is 1. The lowest BCUT2D eigenvalue weighted by molar-refractivity contribution is -0.131. The van der Waals surface area contributed by atoms with E-state index in [1.54, 1.807) is 11.3 Å². The molecular formula is C23H24ClN3OS. The van der Waals surface area contributed by atoms with E-state index in [1.807, 2.05) is 41.5 Å². The molecule has 0 radical (unpaired) electrons. The van der Waals surface area contributed by atoms with Crippen LogP contribution in [0.1, 0.15) is 46.4 Å². The zero-order chi connectivity index (χ0) is 20.2. The molecule has 4 nitrogen and oxygen atoms in total. The molecule has 2 aromatic heterocycles. The first-order valence-electron chi connectivity index (χ1n) is 9.96. The van der Waals surface area contributed by atoms with Gasteiger partial charge in [-0.15, -0.1) is 11.3 Å². The number of amides is 1. The Morgan fingerprint density at radius 3 is 2.76 bits per heavy atom. The largest absolute Gasteiger partial charge is 0.342 e. The van der Waals surface area contributed by atoms with E-state index in [1.165, 1.54) is 5.56 Å². The third-order valence-corrected chi connectivity index (χ3v) is 6.39. The zero-order valence-corrected chi connectivity index (χ0v) is 18.0.